The summed E-state index contributed by atoms with van der Waals surface area (Å²) in [6.07, 6.45) is 2.61. The van der Waals surface area contributed by atoms with E-state index in [1.807, 2.05) is 0 Å². The Bertz CT molecular complexity index is 1150. The summed E-state index contributed by atoms with van der Waals surface area (Å²) in [4.78, 5) is 16.1. The summed E-state index contributed by atoms with van der Waals surface area (Å²) < 4.78 is 35.5. The number of nitrogens with zero attached hydrogens (tertiary/aromatic N) is 4. The van der Waals surface area contributed by atoms with E-state index in [1.165, 1.54) is 21.9 Å². The molecule has 0 amide bonds. The maximum Gasteiger partial charge on any atom is 0.420 e. The van der Waals surface area contributed by atoms with E-state index in [0.29, 0.717) is 17.2 Å². The van der Waals surface area contributed by atoms with Gasteiger partial charge in [-0.25, -0.2) is 23.2 Å². The maximum absolute atomic E-state index is 14.5. The lowest BCUT2D eigenvalue weighted by molar-refractivity contribution is -0.00604. The summed E-state index contributed by atoms with van der Waals surface area (Å²) in [6.45, 7) is -0.535. The highest BCUT2D eigenvalue weighted by Gasteiger charge is 2.35. The zero-order chi connectivity index (χ0) is 19.0. The van der Waals surface area contributed by atoms with Gasteiger partial charge in [0.2, 0.25) is 0 Å². The van der Waals surface area contributed by atoms with Crippen molar-refractivity contribution in [3.8, 4) is 0 Å². The van der Waals surface area contributed by atoms with Crippen molar-refractivity contribution in [2.75, 3.05) is 0 Å². The Morgan fingerprint density at radius 3 is 2.70 bits per heavy atom. The molecule has 1 N–H and O–H groups in total. The van der Waals surface area contributed by atoms with Gasteiger partial charge < -0.3 is 9.52 Å². The summed E-state index contributed by atoms with van der Waals surface area (Å²) >= 11 is 0. The van der Waals surface area contributed by atoms with Gasteiger partial charge in [-0.1, -0.05) is 18.2 Å². The molecule has 4 aromatic rings. The molecule has 0 saturated heterocycles. The van der Waals surface area contributed by atoms with Crippen LogP contribution in [0.1, 0.15) is 5.56 Å². The van der Waals surface area contributed by atoms with Crippen molar-refractivity contribution in [2.45, 2.75) is 18.7 Å². The minimum Gasteiger partial charge on any atom is -0.408 e. The molecule has 0 spiro atoms. The molecule has 0 saturated carbocycles. The molecule has 1 atom stereocenters. The fourth-order valence-electron chi connectivity index (χ4n) is 3.09. The van der Waals surface area contributed by atoms with E-state index in [1.54, 1.807) is 24.3 Å². The van der Waals surface area contributed by atoms with Crippen LogP contribution < -0.4 is 5.76 Å². The lowest BCUT2D eigenvalue weighted by Crippen LogP contribution is -2.39. The number of para-hydroxylation sites is 2. The number of aliphatic hydroxyl groups is 1. The SMILES string of the molecule is O=c1oc2ccccc2n1CC(O)(Cn1cncn1)c1ccc(F)cc1F. The van der Waals surface area contributed by atoms with E-state index in [9.17, 15) is 18.7 Å². The predicted octanol–water partition coefficient (Wildman–Crippen LogP) is 2.05. The molecule has 0 aliphatic heterocycles. The fourth-order valence-corrected chi connectivity index (χ4v) is 3.09. The van der Waals surface area contributed by atoms with E-state index >= 15 is 0 Å². The quantitative estimate of drug-likeness (QED) is 0.580. The molecule has 1 unspecified atom stereocenters. The third-order valence-electron chi connectivity index (χ3n) is 4.32. The van der Waals surface area contributed by atoms with Gasteiger partial charge in [-0.2, -0.15) is 5.10 Å². The van der Waals surface area contributed by atoms with Crippen LogP contribution in [0, 0.1) is 11.6 Å². The monoisotopic (exact) mass is 372 g/mol. The summed E-state index contributed by atoms with van der Waals surface area (Å²) in [6, 6.07) is 9.55. The lowest BCUT2D eigenvalue weighted by atomic mass is 9.92. The molecule has 138 valence electrons. The molecule has 4 rings (SSSR count). The average Bonchev–Trinajstić information content (AvgIpc) is 3.23. The van der Waals surface area contributed by atoms with Crippen LogP contribution in [-0.4, -0.2) is 24.4 Å². The van der Waals surface area contributed by atoms with Crippen molar-refractivity contribution >= 4 is 11.1 Å². The summed E-state index contributed by atoms with van der Waals surface area (Å²) in [5, 5.41) is 15.3. The first-order chi connectivity index (χ1) is 13.0. The van der Waals surface area contributed by atoms with Crippen LogP contribution >= 0.6 is 0 Å². The van der Waals surface area contributed by atoms with Gasteiger partial charge in [-0.15, -0.1) is 0 Å². The van der Waals surface area contributed by atoms with Crippen LogP contribution in [0.5, 0.6) is 0 Å². The third-order valence-corrected chi connectivity index (χ3v) is 4.32. The number of hydrogen-bond donors (Lipinski definition) is 1. The largest absolute Gasteiger partial charge is 0.420 e. The van der Waals surface area contributed by atoms with Crippen molar-refractivity contribution in [3.05, 3.63) is 82.9 Å². The van der Waals surface area contributed by atoms with Gasteiger partial charge in [-0.05, 0) is 18.2 Å². The number of rotatable bonds is 5. The second-order valence-corrected chi connectivity index (χ2v) is 6.17. The van der Waals surface area contributed by atoms with E-state index < -0.39 is 23.0 Å². The zero-order valence-electron chi connectivity index (χ0n) is 13.9. The first-order valence-electron chi connectivity index (χ1n) is 8.05. The fraction of sp³-hybridized carbons (Fsp3) is 0.167. The van der Waals surface area contributed by atoms with Crippen molar-refractivity contribution in [2.24, 2.45) is 0 Å². The van der Waals surface area contributed by atoms with Gasteiger partial charge in [-0.3, -0.25) is 4.57 Å². The molecule has 0 aliphatic carbocycles. The van der Waals surface area contributed by atoms with E-state index in [2.05, 4.69) is 10.1 Å². The Morgan fingerprint density at radius 1 is 1.15 bits per heavy atom. The minimum absolute atomic E-state index is 0.170. The number of aromatic nitrogens is 4. The maximum atomic E-state index is 14.5. The second kappa shape index (κ2) is 6.44. The van der Waals surface area contributed by atoms with Gasteiger partial charge in [0.05, 0.1) is 18.6 Å². The number of halogens is 2. The smallest absolute Gasteiger partial charge is 0.408 e. The topological polar surface area (TPSA) is 86.1 Å². The number of hydrogen-bond acceptors (Lipinski definition) is 5. The molecule has 2 aromatic carbocycles. The minimum atomic E-state index is -1.91. The van der Waals surface area contributed by atoms with Gasteiger partial charge >= 0.3 is 5.76 Å². The van der Waals surface area contributed by atoms with E-state index in [-0.39, 0.29) is 18.7 Å². The van der Waals surface area contributed by atoms with Crippen LogP contribution in [0.4, 0.5) is 8.78 Å². The Labute approximate surface area is 151 Å². The molecule has 0 aliphatic rings. The van der Waals surface area contributed by atoms with Crippen LogP contribution in [0.15, 0.2) is 64.3 Å². The Balaban J connectivity index is 1.84. The van der Waals surface area contributed by atoms with Crippen molar-refractivity contribution in [1.82, 2.24) is 19.3 Å². The number of benzene rings is 2. The first-order valence-corrected chi connectivity index (χ1v) is 8.05. The van der Waals surface area contributed by atoms with E-state index in [4.69, 9.17) is 4.42 Å². The van der Waals surface area contributed by atoms with Crippen molar-refractivity contribution in [3.63, 3.8) is 0 Å². The standard InChI is InChI=1S/C18H14F2N4O3/c19-12-5-6-13(14(20)7-12)18(26,8-23-11-21-10-22-23)9-24-15-3-1-2-4-16(15)27-17(24)25/h1-7,10-11,26H,8-9H2. The van der Waals surface area contributed by atoms with Crippen molar-refractivity contribution < 1.29 is 18.3 Å². The van der Waals surface area contributed by atoms with Crippen LogP contribution in [0.3, 0.4) is 0 Å². The molecule has 0 fully saturated rings. The Morgan fingerprint density at radius 2 is 1.96 bits per heavy atom. The predicted molar refractivity (Wildman–Crippen MR) is 90.8 cm³/mol. The Hall–Kier alpha value is -3.33. The molecule has 27 heavy (non-hydrogen) atoms. The third kappa shape index (κ3) is 3.13. The highest BCUT2D eigenvalue weighted by molar-refractivity contribution is 5.72. The average molecular weight is 372 g/mol. The number of fused-ring (bicyclic) bond motifs is 1. The van der Waals surface area contributed by atoms with Crippen LogP contribution in [-0.2, 0) is 18.7 Å². The highest BCUT2D eigenvalue weighted by Crippen LogP contribution is 2.29. The zero-order valence-corrected chi connectivity index (χ0v) is 13.9. The molecular weight excluding hydrogens is 358 g/mol. The van der Waals surface area contributed by atoms with Gasteiger partial charge in [0.1, 0.15) is 29.9 Å². The van der Waals surface area contributed by atoms with Crippen LogP contribution in [0.25, 0.3) is 11.1 Å². The molecule has 2 aromatic heterocycles. The first kappa shape index (κ1) is 17.1. The van der Waals surface area contributed by atoms with E-state index in [0.717, 1.165) is 12.1 Å². The Kier molecular flexibility index (Phi) is 4.08. The molecule has 7 nitrogen and oxygen atoms in total. The molecule has 2 heterocycles. The normalized spacial score (nSPS) is 13.7. The second-order valence-electron chi connectivity index (χ2n) is 6.17. The highest BCUT2D eigenvalue weighted by atomic mass is 19.1. The molecule has 9 heteroatoms. The molecule has 0 bridgehead atoms. The lowest BCUT2D eigenvalue weighted by Gasteiger charge is -2.29. The summed E-state index contributed by atoms with van der Waals surface area (Å²) in [5.74, 6) is -2.40. The van der Waals surface area contributed by atoms with Gasteiger partial charge in [0.25, 0.3) is 0 Å². The van der Waals surface area contributed by atoms with Crippen molar-refractivity contribution in [1.29, 1.82) is 0 Å². The molecular formula is C18H14F2N4O3. The summed E-state index contributed by atoms with van der Waals surface area (Å²) in [5.41, 5.74) is -1.30. The summed E-state index contributed by atoms with van der Waals surface area (Å²) in [7, 11) is 0. The molecule has 0 radical (unpaired) electrons. The van der Waals surface area contributed by atoms with Crippen LogP contribution in [0.2, 0.25) is 0 Å². The number of oxazole rings is 1. The van der Waals surface area contributed by atoms with Gasteiger partial charge in [0, 0.05) is 11.6 Å². The van der Waals surface area contributed by atoms with Gasteiger partial charge in [0.15, 0.2) is 5.58 Å².